The number of hydrogen-bond acceptors (Lipinski definition) is 4. The molecule has 0 aliphatic carbocycles. The Morgan fingerprint density at radius 2 is 1.96 bits per heavy atom. The molecule has 2 aromatic rings. The Morgan fingerprint density at radius 1 is 1.25 bits per heavy atom. The second kappa shape index (κ2) is 8.47. The molecule has 124 valence electrons. The molecule has 0 aromatic heterocycles. The second-order valence-electron chi connectivity index (χ2n) is 4.58. The maximum atomic E-state index is 11.7. The quantitative estimate of drug-likeness (QED) is 0.564. The van der Waals surface area contributed by atoms with Gasteiger partial charge < -0.3 is 9.84 Å². The first-order valence-electron chi connectivity index (χ1n) is 6.69. The van der Waals surface area contributed by atoms with Crippen LogP contribution in [0.4, 0.5) is 0 Å². The predicted octanol–water partition coefficient (Wildman–Crippen LogP) is 3.33. The van der Waals surface area contributed by atoms with Crippen LogP contribution in [-0.2, 0) is 4.79 Å². The normalized spacial score (nSPS) is 10.6. The highest BCUT2D eigenvalue weighted by atomic mass is 79.9. The van der Waals surface area contributed by atoms with Crippen LogP contribution in [0.15, 0.2) is 52.0 Å². The van der Waals surface area contributed by atoms with Gasteiger partial charge in [0.15, 0.2) is 6.61 Å². The Hall–Kier alpha value is -2.38. The van der Waals surface area contributed by atoms with Crippen LogP contribution < -0.4 is 10.2 Å². The van der Waals surface area contributed by atoms with Crippen LogP contribution in [0, 0.1) is 0 Å². The van der Waals surface area contributed by atoms with Crippen molar-refractivity contribution in [3.05, 3.63) is 63.1 Å². The van der Waals surface area contributed by atoms with Gasteiger partial charge in [0, 0.05) is 5.02 Å². The molecule has 0 radical (unpaired) electrons. The van der Waals surface area contributed by atoms with Crippen LogP contribution in [0.25, 0.3) is 0 Å². The number of carboxylic acid groups (broad SMARTS) is 1. The summed E-state index contributed by atoms with van der Waals surface area (Å²) in [5, 5.41) is 13.1. The van der Waals surface area contributed by atoms with Gasteiger partial charge in [0.2, 0.25) is 0 Å². The molecule has 2 N–H and O–H groups in total. The second-order valence-corrected chi connectivity index (χ2v) is 5.87. The summed E-state index contributed by atoms with van der Waals surface area (Å²) >= 11 is 9.10. The third kappa shape index (κ3) is 5.36. The van der Waals surface area contributed by atoms with E-state index < -0.39 is 11.9 Å². The van der Waals surface area contributed by atoms with Crippen molar-refractivity contribution in [2.24, 2.45) is 5.10 Å². The lowest BCUT2D eigenvalue weighted by atomic mass is 10.1. The highest BCUT2D eigenvalue weighted by Crippen LogP contribution is 2.27. The molecule has 0 saturated carbocycles. The monoisotopic (exact) mass is 410 g/mol. The number of benzene rings is 2. The largest absolute Gasteiger partial charge is 0.483 e. The van der Waals surface area contributed by atoms with Gasteiger partial charge in [-0.05, 0) is 51.8 Å². The number of nitrogens with zero attached hydrogens (tertiary/aromatic N) is 1. The van der Waals surface area contributed by atoms with Gasteiger partial charge in [-0.3, -0.25) is 4.79 Å². The zero-order valence-corrected chi connectivity index (χ0v) is 14.5. The summed E-state index contributed by atoms with van der Waals surface area (Å²) in [4.78, 5) is 22.4. The van der Waals surface area contributed by atoms with Gasteiger partial charge in [-0.15, -0.1) is 0 Å². The molecule has 0 saturated heterocycles. The molecule has 2 rings (SSSR count). The lowest BCUT2D eigenvalue weighted by Crippen LogP contribution is -2.24. The molecule has 0 fully saturated rings. The summed E-state index contributed by atoms with van der Waals surface area (Å²) in [5.74, 6) is -0.949. The number of carbonyl (C=O) groups excluding carboxylic acids is 1. The van der Waals surface area contributed by atoms with Crippen molar-refractivity contribution in [2.75, 3.05) is 6.61 Å². The third-order valence-corrected chi connectivity index (χ3v) is 3.67. The first kappa shape index (κ1) is 18.0. The maximum absolute atomic E-state index is 11.7. The molecule has 0 aliphatic rings. The van der Waals surface area contributed by atoms with E-state index in [1.165, 1.54) is 18.3 Å². The Bertz CT molecular complexity index is 778. The van der Waals surface area contributed by atoms with E-state index >= 15 is 0 Å². The zero-order chi connectivity index (χ0) is 17.5. The first-order valence-corrected chi connectivity index (χ1v) is 7.86. The summed E-state index contributed by atoms with van der Waals surface area (Å²) in [6, 6.07) is 11.0. The molecule has 0 aliphatic heterocycles. The molecule has 1 amide bonds. The molecule has 0 heterocycles. The van der Waals surface area contributed by atoms with Gasteiger partial charge in [-0.2, -0.15) is 5.10 Å². The fourth-order valence-electron chi connectivity index (χ4n) is 1.66. The van der Waals surface area contributed by atoms with E-state index in [0.29, 0.717) is 20.8 Å². The molecule has 2 aromatic carbocycles. The van der Waals surface area contributed by atoms with Crippen molar-refractivity contribution in [3.63, 3.8) is 0 Å². The minimum atomic E-state index is -1.00. The maximum Gasteiger partial charge on any atom is 0.335 e. The molecule has 0 atom stereocenters. The molecule has 8 heteroatoms. The topological polar surface area (TPSA) is 88.0 Å². The number of carboxylic acids is 1. The smallest absolute Gasteiger partial charge is 0.335 e. The molecular weight excluding hydrogens is 400 g/mol. The number of carbonyl (C=O) groups is 2. The summed E-state index contributed by atoms with van der Waals surface area (Å²) < 4.78 is 5.99. The Labute approximate surface area is 151 Å². The highest BCUT2D eigenvalue weighted by Gasteiger charge is 2.05. The van der Waals surface area contributed by atoms with Gasteiger partial charge in [-0.25, -0.2) is 10.2 Å². The lowest BCUT2D eigenvalue weighted by molar-refractivity contribution is -0.123. The number of aromatic carboxylic acids is 1. The van der Waals surface area contributed by atoms with E-state index in [1.54, 1.807) is 30.3 Å². The minimum Gasteiger partial charge on any atom is -0.483 e. The predicted molar refractivity (Wildman–Crippen MR) is 93.8 cm³/mol. The third-order valence-electron chi connectivity index (χ3n) is 2.81. The van der Waals surface area contributed by atoms with Gasteiger partial charge in [0.05, 0.1) is 16.3 Å². The molecular formula is C16H12BrClN2O4. The van der Waals surface area contributed by atoms with Gasteiger partial charge in [-0.1, -0.05) is 23.7 Å². The van der Waals surface area contributed by atoms with Crippen molar-refractivity contribution in [2.45, 2.75) is 0 Å². The van der Waals surface area contributed by atoms with E-state index in [2.05, 4.69) is 26.5 Å². The molecule has 0 bridgehead atoms. The zero-order valence-electron chi connectivity index (χ0n) is 12.2. The van der Waals surface area contributed by atoms with Crippen molar-refractivity contribution < 1.29 is 19.4 Å². The van der Waals surface area contributed by atoms with Crippen molar-refractivity contribution in [1.82, 2.24) is 5.43 Å². The molecule has 24 heavy (non-hydrogen) atoms. The average molecular weight is 412 g/mol. The van der Waals surface area contributed by atoms with Crippen molar-refractivity contribution in [3.8, 4) is 5.75 Å². The average Bonchev–Trinajstić information content (AvgIpc) is 2.54. The minimum absolute atomic E-state index is 0.179. The summed E-state index contributed by atoms with van der Waals surface area (Å²) in [6.45, 7) is -0.213. The number of rotatable bonds is 6. The van der Waals surface area contributed by atoms with Crippen molar-refractivity contribution in [1.29, 1.82) is 0 Å². The van der Waals surface area contributed by atoms with Crippen LogP contribution in [0.1, 0.15) is 15.9 Å². The van der Waals surface area contributed by atoms with Crippen molar-refractivity contribution >= 4 is 45.6 Å². The Morgan fingerprint density at radius 3 is 2.58 bits per heavy atom. The fraction of sp³-hybridized carbons (Fsp3) is 0.0625. The van der Waals surface area contributed by atoms with Gasteiger partial charge in [0.25, 0.3) is 5.91 Å². The molecule has 0 spiro atoms. The standard InChI is InChI=1S/C16H12BrClN2O4/c17-13-7-12(18)5-6-14(13)24-9-15(21)20-19-8-10-1-3-11(4-2-10)16(22)23/h1-8H,9H2,(H,20,21)(H,22,23)/b19-8+. The Balaban J connectivity index is 1.83. The number of hydrazone groups is 1. The van der Waals surface area contributed by atoms with Crippen LogP contribution in [-0.4, -0.2) is 29.8 Å². The van der Waals surface area contributed by atoms with Gasteiger partial charge >= 0.3 is 5.97 Å². The van der Waals surface area contributed by atoms with E-state index in [1.807, 2.05) is 0 Å². The molecule has 0 unspecified atom stereocenters. The number of amides is 1. The number of nitrogens with one attached hydrogen (secondary N) is 1. The lowest BCUT2D eigenvalue weighted by Gasteiger charge is -2.07. The van der Waals surface area contributed by atoms with E-state index in [0.717, 1.165) is 0 Å². The number of halogens is 2. The molecule has 6 nitrogen and oxygen atoms in total. The van der Waals surface area contributed by atoms with Crippen LogP contribution in [0.2, 0.25) is 5.02 Å². The number of ether oxygens (including phenoxy) is 1. The summed E-state index contributed by atoms with van der Waals surface area (Å²) in [7, 11) is 0. The van der Waals surface area contributed by atoms with E-state index in [4.69, 9.17) is 21.4 Å². The number of hydrogen-bond donors (Lipinski definition) is 2. The van der Waals surface area contributed by atoms with Crippen LogP contribution in [0.5, 0.6) is 5.75 Å². The first-order chi connectivity index (χ1) is 11.5. The highest BCUT2D eigenvalue weighted by molar-refractivity contribution is 9.10. The van der Waals surface area contributed by atoms with Crippen LogP contribution >= 0.6 is 27.5 Å². The van der Waals surface area contributed by atoms with E-state index in [9.17, 15) is 9.59 Å². The fourth-order valence-corrected chi connectivity index (χ4v) is 2.46. The van der Waals surface area contributed by atoms with Crippen LogP contribution in [0.3, 0.4) is 0 Å². The summed E-state index contributed by atoms with van der Waals surface area (Å²) in [6.07, 6.45) is 1.40. The summed E-state index contributed by atoms with van der Waals surface area (Å²) in [5.41, 5.74) is 3.15. The SMILES string of the molecule is O=C(COc1ccc(Cl)cc1Br)N/N=C/c1ccc(C(=O)O)cc1. The Kier molecular flexibility index (Phi) is 6.34. The van der Waals surface area contributed by atoms with E-state index in [-0.39, 0.29) is 12.2 Å². The van der Waals surface area contributed by atoms with Gasteiger partial charge in [0.1, 0.15) is 5.75 Å².